The molecule has 0 radical (unpaired) electrons. The Labute approximate surface area is 46.0 Å². The van der Waals surface area contributed by atoms with Crippen LogP contribution in [0.5, 0.6) is 0 Å². The molecule has 3 nitrogen and oxygen atoms in total. The van der Waals surface area contributed by atoms with Crippen LogP contribution < -0.4 is 0 Å². The first-order valence-electron chi connectivity index (χ1n) is 1.81. The van der Waals surface area contributed by atoms with Crippen molar-refractivity contribution in [2.24, 2.45) is 0 Å². The Balaban J connectivity index is 3.61. The molecule has 0 aliphatic carbocycles. The van der Waals surface area contributed by atoms with Crippen LogP contribution in [0, 0.1) is 0 Å². The minimum atomic E-state index is -3.19. The van der Waals surface area contributed by atoms with Crippen LogP contribution in [0.15, 0.2) is 0 Å². The van der Waals surface area contributed by atoms with Crippen molar-refractivity contribution < 1.29 is 11.2 Å². The summed E-state index contributed by atoms with van der Waals surface area (Å²) in [5.74, 6) is 0. The monoisotopic (exact) mass is 168 g/mol. The van der Waals surface area contributed by atoms with Crippen molar-refractivity contribution in [2.45, 2.75) is 5.71 Å². The summed E-state index contributed by atoms with van der Waals surface area (Å²) in [5, 5.41) is 0. The van der Waals surface area contributed by atoms with Crippen LogP contribution >= 0.6 is 0 Å². The van der Waals surface area contributed by atoms with Gasteiger partial charge >= 0.3 is 45.3 Å². The molecule has 0 aliphatic heterocycles. The van der Waals surface area contributed by atoms with Gasteiger partial charge in [-0.05, 0) is 0 Å². The Morgan fingerprint density at radius 3 is 1.57 bits per heavy atom. The van der Waals surface area contributed by atoms with Gasteiger partial charge in [-0.15, -0.1) is 0 Å². The molecule has 0 aliphatic rings. The summed E-state index contributed by atoms with van der Waals surface area (Å²) in [7, 11) is 2.76. The molecule has 0 aromatic heterocycles. The predicted molar refractivity (Wildman–Crippen MR) is 26.3 cm³/mol. The van der Waals surface area contributed by atoms with E-state index in [9.17, 15) is 3.74 Å². The summed E-state index contributed by atoms with van der Waals surface area (Å²) in [6.07, 6.45) is 0. The van der Waals surface area contributed by atoms with E-state index in [0.29, 0.717) is 0 Å². The van der Waals surface area contributed by atoms with E-state index in [1.807, 2.05) is 0 Å². The van der Waals surface area contributed by atoms with Crippen LogP contribution in [0.3, 0.4) is 0 Å². The van der Waals surface area contributed by atoms with Crippen molar-refractivity contribution in [3.8, 4) is 0 Å². The Morgan fingerprint density at radius 1 is 1.29 bits per heavy atom. The van der Waals surface area contributed by atoms with E-state index < -0.39 is 14.2 Å². The van der Waals surface area contributed by atoms with Crippen LogP contribution in [0.1, 0.15) is 0 Å². The predicted octanol–water partition coefficient (Wildman–Crippen LogP) is 0.278. The fraction of sp³-hybridized carbons (Fsp3) is 1.00. The van der Waals surface area contributed by atoms with Crippen molar-refractivity contribution >= 4 is 14.2 Å². The Hall–Kier alpha value is 0.278. The molecule has 0 atom stereocenters. The second kappa shape index (κ2) is 2.55. The summed E-state index contributed by atoms with van der Waals surface area (Å²) in [5.41, 5.74) is 1.47. The van der Waals surface area contributed by atoms with Gasteiger partial charge in [-0.25, -0.2) is 0 Å². The minimum absolute atomic E-state index is 1.38. The summed E-state index contributed by atoms with van der Waals surface area (Å²) in [6.45, 7) is 0. The van der Waals surface area contributed by atoms with Crippen molar-refractivity contribution in [2.75, 3.05) is 14.2 Å². The van der Waals surface area contributed by atoms with Gasteiger partial charge in [-0.3, -0.25) is 0 Å². The van der Waals surface area contributed by atoms with E-state index in [1.165, 1.54) is 19.9 Å². The molecule has 0 amide bonds. The van der Waals surface area contributed by atoms with Crippen molar-refractivity contribution in [3.63, 3.8) is 0 Å². The molecular formula is C3H9AsO3. The fourth-order valence-electron chi connectivity index (χ4n) is 0.0745. The first kappa shape index (κ1) is 7.28. The van der Waals surface area contributed by atoms with E-state index >= 15 is 0 Å². The van der Waals surface area contributed by atoms with E-state index in [1.54, 1.807) is 0 Å². The molecule has 0 N–H and O–H groups in total. The normalized spacial score (nSPS) is 11.9. The zero-order valence-electron chi connectivity index (χ0n) is 4.67. The third kappa shape index (κ3) is 2.92. The molecule has 0 unspecified atom stereocenters. The third-order valence-corrected chi connectivity index (χ3v) is 3.45. The number of hydrogen-bond acceptors (Lipinski definition) is 3. The molecule has 0 bridgehead atoms. The summed E-state index contributed by atoms with van der Waals surface area (Å²) >= 11 is -3.19. The van der Waals surface area contributed by atoms with E-state index in [0.717, 1.165) is 0 Å². The van der Waals surface area contributed by atoms with Crippen molar-refractivity contribution in [1.82, 2.24) is 0 Å². The van der Waals surface area contributed by atoms with Gasteiger partial charge in [-0.1, -0.05) is 0 Å². The number of hydrogen-bond donors (Lipinski definition) is 0. The van der Waals surface area contributed by atoms with E-state index in [-0.39, 0.29) is 0 Å². The molecule has 0 saturated carbocycles. The third-order valence-electron chi connectivity index (χ3n) is 0.663. The molecule has 0 fully saturated rings. The summed E-state index contributed by atoms with van der Waals surface area (Å²) in [4.78, 5) is 0. The van der Waals surface area contributed by atoms with Crippen LogP contribution in [0.25, 0.3) is 0 Å². The standard InChI is InChI=1S/C3H9AsO3/c1-4(5,6-2)7-3/h1-3H3. The molecule has 0 rings (SSSR count). The van der Waals surface area contributed by atoms with Gasteiger partial charge in [-0.2, -0.15) is 0 Å². The zero-order valence-corrected chi connectivity index (χ0v) is 6.55. The first-order chi connectivity index (χ1) is 3.12. The molecule has 0 heterocycles. The van der Waals surface area contributed by atoms with E-state index in [4.69, 9.17) is 0 Å². The Morgan fingerprint density at radius 2 is 1.57 bits per heavy atom. The average Bonchev–Trinajstić information content (AvgIpc) is 1.68. The van der Waals surface area contributed by atoms with Gasteiger partial charge in [0.2, 0.25) is 0 Å². The molecule has 0 saturated heterocycles. The SMILES string of the molecule is CO[As](C)(=O)OC. The Kier molecular flexibility index (Phi) is 2.65. The van der Waals surface area contributed by atoms with Crippen LogP contribution in [0.2, 0.25) is 5.71 Å². The summed E-state index contributed by atoms with van der Waals surface area (Å²) in [6, 6.07) is 0. The number of rotatable bonds is 2. The topological polar surface area (TPSA) is 35.5 Å². The maximum absolute atomic E-state index is 10.6. The van der Waals surface area contributed by atoms with E-state index in [2.05, 4.69) is 7.45 Å². The van der Waals surface area contributed by atoms with Gasteiger partial charge in [0.1, 0.15) is 0 Å². The van der Waals surface area contributed by atoms with Crippen LogP contribution in [0.4, 0.5) is 0 Å². The van der Waals surface area contributed by atoms with Gasteiger partial charge in [0.25, 0.3) is 0 Å². The molecule has 7 heavy (non-hydrogen) atoms. The first-order valence-corrected chi connectivity index (χ1v) is 5.99. The van der Waals surface area contributed by atoms with Gasteiger partial charge in [0.05, 0.1) is 0 Å². The Bertz CT molecular complexity index is 82.2. The van der Waals surface area contributed by atoms with Gasteiger partial charge in [0, 0.05) is 0 Å². The molecule has 4 heteroatoms. The fourth-order valence-corrected chi connectivity index (χ4v) is 0.387. The van der Waals surface area contributed by atoms with Crippen LogP contribution in [-0.2, 0) is 11.2 Å². The second-order valence-electron chi connectivity index (χ2n) is 1.14. The van der Waals surface area contributed by atoms with Crippen molar-refractivity contribution in [1.29, 1.82) is 0 Å². The van der Waals surface area contributed by atoms with Gasteiger partial charge < -0.3 is 0 Å². The molecule has 44 valence electrons. The van der Waals surface area contributed by atoms with Crippen molar-refractivity contribution in [3.05, 3.63) is 0 Å². The molecule has 0 aromatic rings. The average molecular weight is 168 g/mol. The second-order valence-corrected chi connectivity index (χ2v) is 5.91. The zero-order chi connectivity index (χ0) is 5.91. The maximum atomic E-state index is 10.6. The molecule has 0 aromatic carbocycles. The van der Waals surface area contributed by atoms with Gasteiger partial charge in [0.15, 0.2) is 0 Å². The quantitative estimate of drug-likeness (QED) is 0.555. The molecular weight excluding hydrogens is 159 g/mol. The summed E-state index contributed by atoms with van der Waals surface area (Å²) < 4.78 is 19.5. The van der Waals surface area contributed by atoms with Crippen LogP contribution in [-0.4, -0.2) is 28.4 Å². The molecule has 0 spiro atoms.